The van der Waals surface area contributed by atoms with Crippen LogP contribution in [0, 0.1) is 11.6 Å². The predicted octanol–water partition coefficient (Wildman–Crippen LogP) is 1.08. The molecule has 5 heteroatoms. The molecule has 0 spiro atoms. The van der Waals surface area contributed by atoms with Crippen molar-refractivity contribution < 1.29 is 13.6 Å². The molecule has 3 saturated heterocycles. The minimum atomic E-state index is -0.628. The van der Waals surface area contributed by atoms with Gasteiger partial charge < -0.3 is 0 Å². The first-order valence-corrected chi connectivity index (χ1v) is 6.56. The molecule has 3 nitrogen and oxygen atoms in total. The van der Waals surface area contributed by atoms with Gasteiger partial charge in [-0.05, 0) is 17.7 Å². The van der Waals surface area contributed by atoms with Gasteiger partial charge in [0, 0.05) is 45.2 Å². The Kier molecular flexibility index (Phi) is 3.33. The molecule has 0 aromatic heterocycles. The van der Waals surface area contributed by atoms with Gasteiger partial charge in [0.2, 0.25) is 0 Å². The predicted molar refractivity (Wildman–Crippen MR) is 66.9 cm³/mol. The largest absolute Gasteiger partial charge is 0.299 e. The van der Waals surface area contributed by atoms with E-state index in [2.05, 4.69) is 9.80 Å². The van der Waals surface area contributed by atoms with Crippen molar-refractivity contribution in [2.75, 3.05) is 32.7 Å². The molecule has 19 heavy (non-hydrogen) atoms. The van der Waals surface area contributed by atoms with Gasteiger partial charge in [-0.25, -0.2) is 8.78 Å². The summed E-state index contributed by atoms with van der Waals surface area (Å²) in [6.07, 6.45) is 0.101. The van der Waals surface area contributed by atoms with Crippen LogP contribution in [0.1, 0.15) is 5.56 Å². The van der Waals surface area contributed by atoms with Crippen LogP contribution in [0.2, 0.25) is 0 Å². The van der Waals surface area contributed by atoms with Gasteiger partial charge >= 0.3 is 0 Å². The number of rotatable bonds is 3. The molecule has 0 saturated carbocycles. The number of carbonyl (C=O) groups excluding carboxylic acids is 1. The molecule has 3 aliphatic rings. The fourth-order valence-electron chi connectivity index (χ4n) is 2.96. The molecular formula is C14H16F2N2O. The number of nitrogens with zero attached hydrogens (tertiary/aromatic N) is 2. The third-order valence-corrected chi connectivity index (χ3v) is 3.95. The second-order valence-electron chi connectivity index (χ2n) is 5.27. The summed E-state index contributed by atoms with van der Waals surface area (Å²) in [4.78, 5) is 16.7. The molecule has 0 N–H and O–H groups in total. The first kappa shape index (κ1) is 12.7. The van der Waals surface area contributed by atoms with Crippen molar-refractivity contribution in [3.8, 4) is 0 Å². The Balaban J connectivity index is 1.71. The Labute approximate surface area is 110 Å². The quantitative estimate of drug-likeness (QED) is 0.818. The molecule has 1 unspecified atom stereocenters. The van der Waals surface area contributed by atoms with Crippen LogP contribution < -0.4 is 0 Å². The normalized spacial score (nSPS) is 29.5. The number of hydrogen-bond acceptors (Lipinski definition) is 3. The molecule has 0 aliphatic carbocycles. The smallest absolute Gasteiger partial charge is 0.155 e. The Morgan fingerprint density at radius 1 is 1.11 bits per heavy atom. The van der Waals surface area contributed by atoms with Gasteiger partial charge in [-0.2, -0.15) is 0 Å². The monoisotopic (exact) mass is 266 g/mol. The van der Waals surface area contributed by atoms with E-state index < -0.39 is 11.6 Å². The maximum absolute atomic E-state index is 13.1. The molecule has 3 aliphatic heterocycles. The second kappa shape index (κ2) is 4.98. The Morgan fingerprint density at radius 2 is 1.74 bits per heavy atom. The standard InChI is InChI=1S/C14H16F2N2O/c15-11-5-10(6-12(16)8-11)7-14(19)13-9-17-1-3-18(13)4-2-17/h5-6,8,13H,1-4,7,9H2. The van der Waals surface area contributed by atoms with E-state index in [4.69, 9.17) is 0 Å². The highest BCUT2D eigenvalue weighted by atomic mass is 19.1. The van der Waals surface area contributed by atoms with Gasteiger partial charge in [-0.1, -0.05) is 0 Å². The summed E-state index contributed by atoms with van der Waals surface area (Å²) >= 11 is 0. The van der Waals surface area contributed by atoms with E-state index in [9.17, 15) is 13.6 Å². The van der Waals surface area contributed by atoms with Crippen LogP contribution in [-0.4, -0.2) is 54.3 Å². The van der Waals surface area contributed by atoms with Gasteiger partial charge in [-0.15, -0.1) is 0 Å². The SMILES string of the molecule is O=C(Cc1cc(F)cc(F)c1)C1CN2CCN1CC2. The van der Waals surface area contributed by atoms with Crippen molar-refractivity contribution in [1.82, 2.24) is 9.80 Å². The van der Waals surface area contributed by atoms with E-state index in [0.717, 1.165) is 38.8 Å². The van der Waals surface area contributed by atoms with Gasteiger partial charge in [-0.3, -0.25) is 14.6 Å². The Hall–Kier alpha value is -1.33. The molecular weight excluding hydrogens is 250 g/mol. The lowest BCUT2D eigenvalue weighted by molar-refractivity contribution is -0.128. The number of ketones is 1. The average molecular weight is 266 g/mol. The number of Topliss-reactive ketones (excluding diaryl/α,β-unsaturated/α-hetero) is 1. The van der Waals surface area contributed by atoms with Crippen molar-refractivity contribution in [3.05, 3.63) is 35.4 Å². The number of benzene rings is 1. The third-order valence-electron chi connectivity index (χ3n) is 3.95. The lowest BCUT2D eigenvalue weighted by Crippen LogP contribution is -2.63. The van der Waals surface area contributed by atoms with Crippen LogP contribution in [0.15, 0.2) is 18.2 Å². The molecule has 3 fully saturated rings. The van der Waals surface area contributed by atoms with Crippen LogP contribution in [0.5, 0.6) is 0 Å². The minimum absolute atomic E-state index is 0.0504. The first-order valence-electron chi connectivity index (χ1n) is 6.56. The fraction of sp³-hybridized carbons (Fsp3) is 0.500. The van der Waals surface area contributed by atoms with Crippen LogP contribution in [0.3, 0.4) is 0 Å². The van der Waals surface area contributed by atoms with Crippen molar-refractivity contribution in [2.45, 2.75) is 12.5 Å². The van der Waals surface area contributed by atoms with Gasteiger partial charge in [0.05, 0.1) is 6.04 Å². The summed E-state index contributed by atoms with van der Waals surface area (Å²) in [6.45, 7) is 4.59. The number of fused-ring (bicyclic) bond motifs is 3. The van der Waals surface area contributed by atoms with Crippen LogP contribution in [0.4, 0.5) is 8.78 Å². The molecule has 1 atom stereocenters. The molecule has 1 aromatic rings. The van der Waals surface area contributed by atoms with Crippen LogP contribution >= 0.6 is 0 Å². The van der Waals surface area contributed by atoms with E-state index in [1.807, 2.05) is 0 Å². The zero-order valence-electron chi connectivity index (χ0n) is 10.6. The minimum Gasteiger partial charge on any atom is -0.299 e. The summed E-state index contributed by atoms with van der Waals surface area (Å²) in [5, 5.41) is 0. The fourth-order valence-corrected chi connectivity index (χ4v) is 2.96. The lowest BCUT2D eigenvalue weighted by atomic mass is 9.98. The summed E-state index contributed by atoms with van der Waals surface area (Å²) in [6, 6.07) is 3.18. The highest BCUT2D eigenvalue weighted by molar-refractivity contribution is 5.86. The van der Waals surface area contributed by atoms with Crippen molar-refractivity contribution >= 4 is 5.78 Å². The highest BCUT2D eigenvalue weighted by Crippen LogP contribution is 2.18. The molecule has 1 aromatic carbocycles. The van der Waals surface area contributed by atoms with Crippen LogP contribution in [-0.2, 0) is 11.2 Å². The number of carbonyl (C=O) groups is 1. The third kappa shape index (κ3) is 2.67. The lowest BCUT2D eigenvalue weighted by Gasteiger charge is -2.46. The molecule has 0 amide bonds. The molecule has 3 heterocycles. The average Bonchev–Trinajstić information content (AvgIpc) is 2.38. The highest BCUT2D eigenvalue weighted by Gasteiger charge is 2.35. The van der Waals surface area contributed by atoms with Gasteiger partial charge in [0.25, 0.3) is 0 Å². The second-order valence-corrected chi connectivity index (χ2v) is 5.27. The van der Waals surface area contributed by atoms with E-state index in [1.165, 1.54) is 12.1 Å². The van der Waals surface area contributed by atoms with E-state index >= 15 is 0 Å². The number of hydrogen-bond donors (Lipinski definition) is 0. The van der Waals surface area contributed by atoms with E-state index in [0.29, 0.717) is 5.56 Å². The number of halogens is 2. The maximum atomic E-state index is 13.1. The maximum Gasteiger partial charge on any atom is 0.155 e. The molecule has 2 bridgehead atoms. The van der Waals surface area contributed by atoms with Gasteiger partial charge in [0.1, 0.15) is 11.6 Å². The zero-order chi connectivity index (χ0) is 13.4. The Bertz CT molecular complexity index is 478. The first-order chi connectivity index (χ1) is 9.11. The van der Waals surface area contributed by atoms with E-state index in [1.54, 1.807) is 0 Å². The summed E-state index contributed by atoms with van der Waals surface area (Å²) < 4.78 is 26.2. The van der Waals surface area contributed by atoms with E-state index in [-0.39, 0.29) is 18.2 Å². The Morgan fingerprint density at radius 3 is 2.26 bits per heavy atom. The zero-order valence-corrected chi connectivity index (χ0v) is 10.6. The summed E-state index contributed by atoms with van der Waals surface area (Å²) in [5.41, 5.74) is 0.417. The van der Waals surface area contributed by atoms with Crippen molar-refractivity contribution in [2.24, 2.45) is 0 Å². The summed E-state index contributed by atoms with van der Waals surface area (Å²) in [7, 11) is 0. The molecule has 4 rings (SSSR count). The molecule has 0 radical (unpaired) electrons. The molecule has 102 valence electrons. The number of piperazine rings is 3. The van der Waals surface area contributed by atoms with Crippen molar-refractivity contribution in [3.63, 3.8) is 0 Å². The van der Waals surface area contributed by atoms with Crippen LogP contribution in [0.25, 0.3) is 0 Å². The topological polar surface area (TPSA) is 23.6 Å². The van der Waals surface area contributed by atoms with Crippen molar-refractivity contribution in [1.29, 1.82) is 0 Å². The van der Waals surface area contributed by atoms with Gasteiger partial charge in [0.15, 0.2) is 5.78 Å². The summed E-state index contributed by atoms with van der Waals surface area (Å²) in [5.74, 6) is -1.21.